The van der Waals surface area contributed by atoms with Crippen LogP contribution in [0.4, 0.5) is 5.69 Å². The number of thiophene rings is 1. The van der Waals surface area contributed by atoms with Crippen molar-refractivity contribution in [2.45, 2.75) is 31.2 Å². The van der Waals surface area contributed by atoms with Gasteiger partial charge in [-0.1, -0.05) is 0 Å². The lowest BCUT2D eigenvalue weighted by Crippen LogP contribution is -2.33. The summed E-state index contributed by atoms with van der Waals surface area (Å²) in [6.45, 7) is 3.90. The fourth-order valence-corrected chi connectivity index (χ4v) is 4.76. The molecular formula is C14H17BrN2O2S2. The predicted octanol–water partition coefficient (Wildman–Crippen LogP) is 3.31. The minimum atomic E-state index is -3.54. The van der Waals surface area contributed by atoms with Gasteiger partial charge in [-0.05, 0) is 66.5 Å². The molecule has 4 nitrogen and oxygen atoms in total. The molecule has 0 amide bonds. The van der Waals surface area contributed by atoms with E-state index in [2.05, 4.69) is 20.7 Å². The van der Waals surface area contributed by atoms with Crippen LogP contribution in [0.25, 0.3) is 0 Å². The highest BCUT2D eigenvalue weighted by atomic mass is 79.9. The summed E-state index contributed by atoms with van der Waals surface area (Å²) in [5.74, 6) is 0. The van der Waals surface area contributed by atoms with Crippen LogP contribution >= 0.6 is 27.3 Å². The van der Waals surface area contributed by atoms with E-state index in [4.69, 9.17) is 5.73 Å². The van der Waals surface area contributed by atoms with E-state index >= 15 is 0 Å². The summed E-state index contributed by atoms with van der Waals surface area (Å²) in [6, 6.07) is 8.49. The van der Waals surface area contributed by atoms with Crippen molar-refractivity contribution in [2.24, 2.45) is 0 Å². The van der Waals surface area contributed by atoms with Crippen molar-refractivity contribution >= 4 is 43.0 Å². The minimum absolute atomic E-state index is 0.177. The van der Waals surface area contributed by atoms with E-state index in [1.807, 2.05) is 26.0 Å². The molecule has 0 aliphatic carbocycles. The van der Waals surface area contributed by atoms with E-state index in [9.17, 15) is 8.42 Å². The smallest absolute Gasteiger partial charge is 0.240 e. The molecule has 7 heteroatoms. The maximum absolute atomic E-state index is 12.3. The normalized spacial score (nSPS) is 13.3. The van der Waals surface area contributed by atoms with Crippen LogP contribution in [0.3, 0.4) is 0 Å². The van der Waals surface area contributed by atoms with Gasteiger partial charge in [-0.15, -0.1) is 11.3 Å². The first kappa shape index (κ1) is 16.5. The topological polar surface area (TPSA) is 72.2 Å². The van der Waals surface area contributed by atoms with E-state index in [-0.39, 0.29) is 10.9 Å². The zero-order valence-electron chi connectivity index (χ0n) is 11.8. The Morgan fingerprint density at radius 2 is 2.05 bits per heavy atom. The number of hydrogen-bond acceptors (Lipinski definition) is 4. The fraction of sp³-hybridized carbons (Fsp3) is 0.286. The molecule has 3 N–H and O–H groups in total. The van der Waals surface area contributed by atoms with Gasteiger partial charge in [-0.25, -0.2) is 13.1 Å². The average Bonchev–Trinajstić information content (AvgIpc) is 2.77. The quantitative estimate of drug-likeness (QED) is 0.771. The van der Waals surface area contributed by atoms with Crippen molar-refractivity contribution in [3.8, 4) is 0 Å². The van der Waals surface area contributed by atoms with Crippen molar-refractivity contribution in [2.75, 3.05) is 5.73 Å². The molecule has 1 unspecified atom stereocenters. The van der Waals surface area contributed by atoms with Crippen LogP contribution in [-0.2, 0) is 16.4 Å². The second-order valence-corrected chi connectivity index (χ2v) is 8.86. The number of sulfonamides is 1. The number of rotatable bonds is 5. The van der Waals surface area contributed by atoms with Crippen molar-refractivity contribution in [1.82, 2.24) is 4.72 Å². The average molecular weight is 389 g/mol. The first-order chi connectivity index (χ1) is 9.78. The van der Waals surface area contributed by atoms with Gasteiger partial charge in [-0.2, -0.15) is 0 Å². The molecule has 0 spiro atoms. The third-order valence-electron chi connectivity index (χ3n) is 2.94. The molecule has 2 rings (SSSR count). The van der Waals surface area contributed by atoms with Crippen LogP contribution in [0.1, 0.15) is 16.7 Å². The third-order valence-corrected chi connectivity index (χ3v) is 6.24. The van der Waals surface area contributed by atoms with Crippen LogP contribution in [0.5, 0.6) is 0 Å². The van der Waals surface area contributed by atoms with Gasteiger partial charge < -0.3 is 5.73 Å². The number of nitrogens with one attached hydrogen (secondary N) is 1. The molecular weight excluding hydrogens is 372 g/mol. The summed E-state index contributed by atoms with van der Waals surface area (Å²) in [5, 5.41) is 0. The summed E-state index contributed by atoms with van der Waals surface area (Å²) in [5.41, 5.74) is 6.19. The minimum Gasteiger partial charge on any atom is -0.398 e. The number of benzene rings is 1. The summed E-state index contributed by atoms with van der Waals surface area (Å²) in [6.07, 6.45) is 0.674. The van der Waals surface area contributed by atoms with Crippen molar-refractivity contribution in [3.05, 3.63) is 44.6 Å². The van der Waals surface area contributed by atoms with Gasteiger partial charge in [0.25, 0.3) is 0 Å². The third kappa shape index (κ3) is 4.29. The number of anilines is 1. The van der Waals surface area contributed by atoms with Gasteiger partial charge in [0.15, 0.2) is 0 Å². The SMILES string of the molecule is Cc1ccc(CC(C)NS(=O)(=O)c2ccc(N)c(Br)c2)s1. The number of aryl methyl sites for hydroxylation is 1. The molecule has 0 fully saturated rings. The van der Waals surface area contributed by atoms with Crippen molar-refractivity contribution in [3.63, 3.8) is 0 Å². The van der Waals surface area contributed by atoms with Crippen LogP contribution in [0.15, 0.2) is 39.7 Å². The molecule has 0 aliphatic rings. The number of halogens is 1. The molecule has 0 radical (unpaired) electrons. The molecule has 114 valence electrons. The van der Waals surface area contributed by atoms with Crippen LogP contribution in [0.2, 0.25) is 0 Å². The summed E-state index contributed by atoms with van der Waals surface area (Å²) in [4.78, 5) is 2.60. The standard InChI is InChI=1S/C14H17BrN2O2S2/c1-9(7-11-4-3-10(2)20-11)17-21(18,19)12-5-6-14(16)13(15)8-12/h3-6,8-9,17H,7,16H2,1-2H3. The maximum atomic E-state index is 12.3. The molecule has 1 aromatic carbocycles. The molecule has 1 heterocycles. The van der Waals surface area contributed by atoms with Gasteiger partial charge in [0.2, 0.25) is 10.0 Å². The van der Waals surface area contributed by atoms with Gasteiger partial charge in [0.1, 0.15) is 0 Å². The Kier molecular flexibility index (Phi) is 5.08. The number of nitrogens with two attached hydrogens (primary N) is 1. The van der Waals surface area contributed by atoms with Crippen molar-refractivity contribution < 1.29 is 8.42 Å². The van der Waals surface area contributed by atoms with E-state index in [0.29, 0.717) is 16.6 Å². The molecule has 2 aromatic rings. The Labute approximate surface area is 137 Å². The highest BCUT2D eigenvalue weighted by molar-refractivity contribution is 9.10. The van der Waals surface area contributed by atoms with Crippen LogP contribution in [-0.4, -0.2) is 14.5 Å². The summed E-state index contributed by atoms with van der Waals surface area (Å²) >= 11 is 4.93. The van der Waals surface area contributed by atoms with Crippen LogP contribution in [0, 0.1) is 6.92 Å². The Hall–Kier alpha value is -0.890. The molecule has 0 saturated carbocycles. The van der Waals surface area contributed by atoms with Gasteiger partial charge in [0.05, 0.1) is 4.90 Å². The number of nitrogen functional groups attached to an aromatic ring is 1. The van der Waals surface area contributed by atoms with E-state index < -0.39 is 10.0 Å². The summed E-state index contributed by atoms with van der Waals surface area (Å²) in [7, 11) is -3.54. The van der Waals surface area contributed by atoms with Gasteiger partial charge in [-0.3, -0.25) is 0 Å². The fourth-order valence-electron chi connectivity index (χ4n) is 1.95. The molecule has 0 saturated heterocycles. The Morgan fingerprint density at radius 3 is 2.62 bits per heavy atom. The highest BCUT2D eigenvalue weighted by Crippen LogP contribution is 2.23. The molecule has 0 aliphatic heterocycles. The van der Waals surface area contributed by atoms with E-state index in [1.54, 1.807) is 17.4 Å². The Bertz CT molecular complexity index is 741. The number of hydrogen-bond donors (Lipinski definition) is 2. The van der Waals surface area contributed by atoms with Gasteiger partial charge >= 0.3 is 0 Å². The Morgan fingerprint density at radius 1 is 1.33 bits per heavy atom. The highest BCUT2D eigenvalue weighted by Gasteiger charge is 2.18. The first-order valence-electron chi connectivity index (χ1n) is 6.40. The van der Waals surface area contributed by atoms with Crippen LogP contribution < -0.4 is 10.5 Å². The maximum Gasteiger partial charge on any atom is 0.240 e. The molecule has 1 atom stereocenters. The molecule has 1 aromatic heterocycles. The van der Waals surface area contributed by atoms with E-state index in [1.165, 1.54) is 21.9 Å². The zero-order valence-corrected chi connectivity index (χ0v) is 15.0. The Balaban J connectivity index is 2.11. The second-order valence-electron chi connectivity index (χ2n) is 4.92. The molecule has 21 heavy (non-hydrogen) atoms. The lowest BCUT2D eigenvalue weighted by atomic mass is 10.2. The monoisotopic (exact) mass is 388 g/mol. The predicted molar refractivity (Wildman–Crippen MR) is 91.1 cm³/mol. The van der Waals surface area contributed by atoms with Gasteiger partial charge in [0, 0.05) is 26.0 Å². The summed E-state index contributed by atoms with van der Waals surface area (Å²) < 4.78 is 27.9. The largest absolute Gasteiger partial charge is 0.398 e. The lowest BCUT2D eigenvalue weighted by molar-refractivity contribution is 0.560. The zero-order chi connectivity index (χ0) is 15.6. The first-order valence-corrected chi connectivity index (χ1v) is 9.50. The van der Waals surface area contributed by atoms with Crippen molar-refractivity contribution in [1.29, 1.82) is 0 Å². The lowest BCUT2D eigenvalue weighted by Gasteiger charge is -2.14. The van der Waals surface area contributed by atoms with E-state index in [0.717, 1.165) is 0 Å². The second kappa shape index (κ2) is 6.48. The molecule has 0 bridgehead atoms.